The highest BCUT2D eigenvalue weighted by Crippen LogP contribution is 2.21. The monoisotopic (exact) mass is 276 g/mol. The van der Waals surface area contributed by atoms with Gasteiger partial charge in [-0.15, -0.1) is 0 Å². The van der Waals surface area contributed by atoms with E-state index in [9.17, 15) is 0 Å². The maximum absolute atomic E-state index is 7.67. The number of pyridine rings is 1. The fourth-order valence-corrected chi connectivity index (χ4v) is 2.70. The van der Waals surface area contributed by atoms with Gasteiger partial charge in [0, 0.05) is 18.3 Å². The van der Waals surface area contributed by atoms with Crippen molar-refractivity contribution in [3.63, 3.8) is 0 Å². The molecule has 0 bridgehead atoms. The molecular weight excluding hydrogens is 252 g/mol. The lowest BCUT2D eigenvalue weighted by molar-refractivity contribution is 0.183. The molecular formula is C15H24N4O. The van der Waals surface area contributed by atoms with Crippen molar-refractivity contribution in [2.75, 3.05) is 26.2 Å². The molecule has 3 N–H and O–H groups in total. The summed E-state index contributed by atoms with van der Waals surface area (Å²) in [6, 6.07) is 1.86. The Hall–Kier alpha value is -1.62. The fraction of sp³-hybridized carbons (Fsp3) is 0.600. The van der Waals surface area contributed by atoms with Crippen LogP contribution in [0.4, 0.5) is 0 Å². The number of ether oxygens (including phenoxy) is 1. The van der Waals surface area contributed by atoms with Gasteiger partial charge in [0.1, 0.15) is 18.2 Å². The van der Waals surface area contributed by atoms with Crippen molar-refractivity contribution < 1.29 is 4.74 Å². The third kappa shape index (κ3) is 3.70. The lowest BCUT2D eigenvalue weighted by atomic mass is 10.1. The molecule has 0 amide bonds. The average Bonchev–Trinajstić information content (AvgIpc) is 2.38. The van der Waals surface area contributed by atoms with Crippen LogP contribution in [0.25, 0.3) is 0 Å². The van der Waals surface area contributed by atoms with Gasteiger partial charge in [0.25, 0.3) is 0 Å². The van der Waals surface area contributed by atoms with Crippen LogP contribution in [0.5, 0.6) is 5.75 Å². The van der Waals surface area contributed by atoms with Crippen LogP contribution < -0.4 is 10.5 Å². The first-order valence-corrected chi connectivity index (χ1v) is 7.25. The van der Waals surface area contributed by atoms with Gasteiger partial charge in [-0.2, -0.15) is 0 Å². The second-order valence-corrected chi connectivity index (χ2v) is 5.39. The standard InChI is InChI=1S/C15H24N4O/c1-11-10-13(14(15(16)17)12(2)18-11)20-9-8-19-6-4-3-5-7-19/h10H,3-9H2,1-2H3,(H3,16,17). The van der Waals surface area contributed by atoms with Gasteiger partial charge in [0.2, 0.25) is 0 Å². The predicted octanol–water partition coefficient (Wildman–Crippen LogP) is 1.85. The zero-order valence-corrected chi connectivity index (χ0v) is 12.4. The number of aryl methyl sites for hydroxylation is 2. The van der Waals surface area contributed by atoms with E-state index >= 15 is 0 Å². The minimum absolute atomic E-state index is 0.0166. The first kappa shape index (κ1) is 14.8. The summed E-state index contributed by atoms with van der Waals surface area (Å²) >= 11 is 0. The number of rotatable bonds is 5. The van der Waals surface area contributed by atoms with Gasteiger partial charge in [-0.05, 0) is 39.8 Å². The van der Waals surface area contributed by atoms with Gasteiger partial charge < -0.3 is 10.5 Å². The predicted molar refractivity (Wildman–Crippen MR) is 80.5 cm³/mol. The van der Waals surface area contributed by atoms with E-state index in [1.165, 1.54) is 19.3 Å². The smallest absolute Gasteiger partial charge is 0.133 e. The lowest BCUT2D eigenvalue weighted by Crippen LogP contribution is -2.33. The lowest BCUT2D eigenvalue weighted by Gasteiger charge is -2.26. The van der Waals surface area contributed by atoms with E-state index in [1.807, 2.05) is 19.9 Å². The van der Waals surface area contributed by atoms with Crippen LogP contribution >= 0.6 is 0 Å². The third-order valence-electron chi connectivity index (χ3n) is 3.68. The molecule has 1 aliphatic rings. The average molecular weight is 276 g/mol. The van der Waals surface area contributed by atoms with Gasteiger partial charge in [-0.3, -0.25) is 15.3 Å². The number of hydrogen-bond acceptors (Lipinski definition) is 4. The molecule has 0 saturated carbocycles. The molecule has 0 aromatic carbocycles. The highest BCUT2D eigenvalue weighted by molar-refractivity contribution is 5.98. The van der Waals surface area contributed by atoms with Crippen LogP contribution in [0, 0.1) is 19.3 Å². The summed E-state index contributed by atoms with van der Waals surface area (Å²) in [6.45, 7) is 7.67. The number of amidine groups is 1. The van der Waals surface area contributed by atoms with Gasteiger partial charge in [0.05, 0.1) is 11.3 Å². The number of piperidine rings is 1. The topological polar surface area (TPSA) is 75.2 Å². The van der Waals surface area contributed by atoms with Crippen molar-refractivity contribution in [2.24, 2.45) is 5.73 Å². The zero-order valence-electron chi connectivity index (χ0n) is 12.4. The van der Waals surface area contributed by atoms with Crippen molar-refractivity contribution in [2.45, 2.75) is 33.1 Å². The molecule has 110 valence electrons. The normalized spacial score (nSPS) is 16.1. The molecule has 0 atom stereocenters. The number of likely N-dealkylation sites (tertiary alicyclic amines) is 1. The molecule has 1 aliphatic heterocycles. The summed E-state index contributed by atoms with van der Waals surface area (Å²) < 4.78 is 5.86. The second-order valence-electron chi connectivity index (χ2n) is 5.39. The summed E-state index contributed by atoms with van der Waals surface area (Å²) in [5.74, 6) is 0.697. The van der Waals surface area contributed by atoms with Crippen molar-refractivity contribution in [1.29, 1.82) is 5.41 Å². The van der Waals surface area contributed by atoms with Crippen molar-refractivity contribution in [3.8, 4) is 5.75 Å². The highest BCUT2D eigenvalue weighted by Gasteiger charge is 2.14. The first-order chi connectivity index (χ1) is 9.58. The van der Waals surface area contributed by atoms with E-state index < -0.39 is 0 Å². The van der Waals surface area contributed by atoms with Gasteiger partial charge >= 0.3 is 0 Å². The first-order valence-electron chi connectivity index (χ1n) is 7.25. The van der Waals surface area contributed by atoms with Crippen LogP contribution in [0.15, 0.2) is 6.07 Å². The van der Waals surface area contributed by atoms with Crippen LogP contribution in [-0.2, 0) is 0 Å². The number of aromatic nitrogens is 1. The molecule has 0 unspecified atom stereocenters. The number of hydrogen-bond donors (Lipinski definition) is 2. The molecule has 1 fully saturated rings. The molecule has 1 aromatic rings. The van der Waals surface area contributed by atoms with E-state index in [0.29, 0.717) is 17.9 Å². The molecule has 1 aromatic heterocycles. The number of nitrogen functional groups attached to an aromatic ring is 1. The maximum atomic E-state index is 7.67. The van der Waals surface area contributed by atoms with E-state index in [0.717, 1.165) is 31.0 Å². The molecule has 20 heavy (non-hydrogen) atoms. The number of nitrogens with one attached hydrogen (secondary N) is 1. The van der Waals surface area contributed by atoms with E-state index in [1.54, 1.807) is 0 Å². The Kier molecular flexibility index (Phi) is 4.95. The Morgan fingerprint density at radius 3 is 2.70 bits per heavy atom. The Morgan fingerprint density at radius 2 is 2.05 bits per heavy atom. The molecule has 0 radical (unpaired) electrons. The van der Waals surface area contributed by atoms with Crippen LogP contribution in [-0.4, -0.2) is 42.0 Å². The summed E-state index contributed by atoms with van der Waals surface area (Å²) in [7, 11) is 0. The Morgan fingerprint density at radius 1 is 1.35 bits per heavy atom. The summed E-state index contributed by atoms with van der Waals surface area (Å²) in [5, 5.41) is 7.67. The summed E-state index contributed by atoms with van der Waals surface area (Å²) in [6.07, 6.45) is 3.91. The maximum Gasteiger partial charge on any atom is 0.133 e. The van der Waals surface area contributed by atoms with Gasteiger partial charge in [-0.1, -0.05) is 6.42 Å². The second kappa shape index (κ2) is 6.70. The Bertz CT molecular complexity index is 481. The quantitative estimate of drug-likeness (QED) is 0.635. The SMILES string of the molecule is Cc1cc(OCCN2CCCCC2)c(C(=N)N)c(C)n1. The Balaban J connectivity index is 1.99. The van der Waals surface area contributed by atoms with E-state index in [-0.39, 0.29) is 5.84 Å². The van der Waals surface area contributed by atoms with Crippen LogP contribution in [0.3, 0.4) is 0 Å². The molecule has 0 aliphatic carbocycles. The van der Waals surface area contributed by atoms with Crippen molar-refractivity contribution >= 4 is 5.84 Å². The minimum Gasteiger partial charge on any atom is -0.491 e. The molecule has 2 rings (SSSR count). The van der Waals surface area contributed by atoms with E-state index in [4.69, 9.17) is 15.9 Å². The molecule has 5 heteroatoms. The minimum atomic E-state index is 0.0166. The number of nitrogens with two attached hydrogens (primary N) is 1. The Labute approximate surface area is 120 Å². The number of nitrogens with zero attached hydrogens (tertiary/aromatic N) is 2. The summed E-state index contributed by atoms with van der Waals surface area (Å²) in [4.78, 5) is 6.77. The van der Waals surface area contributed by atoms with E-state index in [2.05, 4.69) is 9.88 Å². The summed E-state index contributed by atoms with van der Waals surface area (Å²) in [5.41, 5.74) is 7.90. The third-order valence-corrected chi connectivity index (χ3v) is 3.68. The zero-order chi connectivity index (χ0) is 14.5. The molecule has 5 nitrogen and oxygen atoms in total. The molecule has 2 heterocycles. The van der Waals surface area contributed by atoms with Crippen molar-refractivity contribution in [1.82, 2.24) is 9.88 Å². The van der Waals surface area contributed by atoms with Crippen LogP contribution in [0.1, 0.15) is 36.2 Å². The highest BCUT2D eigenvalue weighted by atomic mass is 16.5. The fourth-order valence-electron chi connectivity index (χ4n) is 2.70. The van der Waals surface area contributed by atoms with Gasteiger partial charge in [-0.25, -0.2) is 0 Å². The largest absolute Gasteiger partial charge is 0.491 e. The van der Waals surface area contributed by atoms with Crippen LogP contribution in [0.2, 0.25) is 0 Å². The molecule has 1 saturated heterocycles. The van der Waals surface area contributed by atoms with Crippen molar-refractivity contribution in [3.05, 3.63) is 23.0 Å². The van der Waals surface area contributed by atoms with Gasteiger partial charge in [0.15, 0.2) is 0 Å². The molecule has 0 spiro atoms.